The maximum absolute atomic E-state index is 13.6. The molecule has 0 aliphatic rings. The minimum Gasteiger partial charge on any atom is -0.496 e. The first-order valence-electron chi connectivity index (χ1n) is 5.98. The van der Waals surface area contributed by atoms with E-state index in [1.807, 2.05) is 25.1 Å². The van der Waals surface area contributed by atoms with Crippen molar-refractivity contribution in [1.82, 2.24) is 0 Å². The number of benzene rings is 2. The lowest BCUT2D eigenvalue weighted by atomic mass is 9.97. The van der Waals surface area contributed by atoms with Crippen LogP contribution in [0.1, 0.15) is 22.7 Å². The highest BCUT2D eigenvalue weighted by atomic mass is 79.9. The van der Waals surface area contributed by atoms with E-state index in [0.29, 0.717) is 10.2 Å². The van der Waals surface area contributed by atoms with E-state index in [9.17, 15) is 4.39 Å². The van der Waals surface area contributed by atoms with Crippen LogP contribution in [-0.2, 0) is 0 Å². The zero-order valence-corrected chi connectivity index (χ0v) is 14.3. The lowest BCUT2D eigenvalue weighted by Crippen LogP contribution is -2.13. The van der Waals surface area contributed by atoms with Gasteiger partial charge in [-0.2, -0.15) is 0 Å². The third-order valence-corrected chi connectivity index (χ3v) is 4.65. The van der Waals surface area contributed by atoms with Gasteiger partial charge < -0.3 is 10.5 Å². The third-order valence-electron chi connectivity index (χ3n) is 3.15. The highest BCUT2D eigenvalue weighted by Gasteiger charge is 2.17. The lowest BCUT2D eigenvalue weighted by molar-refractivity contribution is 0.404. The highest BCUT2D eigenvalue weighted by molar-refractivity contribution is 9.10. The van der Waals surface area contributed by atoms with Gasteiger partial charge in [-0.05, 0) is 46.1 Å². The van der Waals surface area contributed by atoms with Gasteiger partial charge in [-0.25, -0.2) is 4.39 Å². The van der Waals surface area contributed by atoms with Gasteiger partial charge in [0.15, 0.2) is 0 Å². The Morgan fingerprint density at radius 1 is 1.15 bits per heavy atom. The zero-order valence-electron chi connectivity index (χ0n) is 11.1. The number of ether oxygens (including phenoxy) is 1. The maximum atomic E-state index is 13.6. The average molecular weight is 403 g/mol. The van der Waals surface area contributed by atoms with Gasteiger partial charge in [0, 0.05) is 16.1 Å². The SMILES string of the molecule is COc1cc(F)c(Br)cc1C(N)c1ccc(Br)c(C)c1. The summed E-state index contributed by atoms with van der Waals surface area (Å²) in [5, 5.41) is 0. The fourth-order valence-corrected chi connectivity index (χ4v) is 2.61. The predicted molar refractivity (Wildman–Crippen MR) is 85.6 cm³/mol. The second-order valence-corrected chi connectivity index (χ2v) is 6.20. The molecule has 0 amide bonds. The molecule has 2 N–H and O–H groups in total. The van der Waals surface area contributed by atoms with Crippen LogP contribution in [0.3, 0.4) is 0 Å². The van der Waals surface area contributed by atoms with Crippen molar-refractivity contribution in [2.45, 2.75) is 13.0 Å². The quantitative estimate of drug-likeness (QED) is 0.806. The maximum Gasteiger partial charge on any atom is 0.141 e. The minimum absolute atomic E-state index is 0.371. The van der Waals surface area contributed by atoms with Crippen molar-refractivity contribution in [3.63, 3.8) is 0 Å². The van der Waals surface area contributed by atoms with Gasteiger partial charge in [-0.15, -0.1) is 0 Å². The molecule has 0 radical (unpaired) electrons. The Balaban J connectivity index is 2.49. The van der Waals surface area contributed by atoms with Crippen molar-refractivity contribution < 1.29 is 9.13 Å². The molecule has 2 rings (SSSR count). The highest BCUT2D eigenvalue weighted by Crippen LogP contribution is 2.33. The summed E-state index contributed by atoms with van der Waals surface area (Å²) in [7, 11) is 1.51. The number of hydrogen-bond acceptors (Lipinski definition) is 2. The molecule has 0 fully saturated rings. The van der Waals surface area contributed by atoms with Crippen LogP contribution in [0.2, 0.25) is 0 Å². The van der Waals surface area contributed by atoms with Crippen LogP contribution in [0.25, 0.3) is 0 Å². The summed E-state index contributed by atoms with van der Waals surface area (Å²) in [6, 6.07) is 8.52. The molecule has 0 bridgehead atoms. The van der Waals surface area contributed by atoms with Gasteiger partial charge in [0.1, 0.15) is 11.6 Å². The Morgan fingerprint density at radius 2 is 1.85 bits per heavy atom. The summed E-state index contributed by atoms with van der Waals surface area (Å²) in [5.41, 5.74) is 9.07. The van der Waals surface area contributed by atoms with Gasteiger partial charge in [0.2, 0.25) is 0 Å². The Morgan fingerprint density at radius 3 is 2.45 bits per heavy atom. The summed E-state index contributed by atoms with van der Waals surface area (Å²) in [5.74, 6) is 0.0727. The largest absolute Gasteiger partial charge is 0.496 e. The van der Waals surface area contributed by atoms with E-state index in [2.05, 4.69) is 31.9 Å². The second-order valence-electron chi connectivity index (χ2n) is 4.49. The molecule has 106 valence electrons. The van der Waals surface area contributed by atoms with Crippen LogP contribution in [0.15, 0.2) is 39.3 Å². The molecular formula is C15H14Br2FNO. The molecular weight excluding hydrogens is 389 g/mol. The van der Waals surface area contributed by atoms with E-state index in [1.165, 1.54) is 13.2 Å². The average Bonchev–Trinajstić information content (AvgIpc) is 2.43. The number of halogens is 3. The smallest absolute Gasteiger partial charge is 0.141 e. The van der Waals surface area contributed by atoms with E-state index >= 15 is 0 Å². The second kappa shape index (κ2) is 6.24. The fraction of sp³-hybridized carbons (Fsp3) is 0.200. The minimum atomic E-state index is -0.381. The lowest BCUT2D eigenvalue weighted by Gasteiger charge is -2.17. The van der Waals surface area contributed by atoms with Crippen LogP contribution in [0.4, 0.5) is 4.39 Å². The monoisotopic (exact) mass is 401 g/mol. The molecule has 0 aliphatic heterocycles. The Kier molecular flexibility index (Phi) is 4.83. The predicted octanol–water partition coefficient (Wildman–Crippen LogP) is 4.72. The number of nitrogens with two attached hydrogens (primary N) is 1. The van der Waals surface area contributed by atoms with Crippen LogP contribution < -0.4 is 10.5 Å². The molecule has 0 aliphatic carbocycles. The normalized spacial score (nSPS) is 12.3. The zero-order chi connectivity index (χ0) is 14.9. The summed E-state index contributed by atoms with van der Waals surface area (Å²) in [6.07, 6.45) is 0. The molecule has 2 aromatic carbocycles. The first-order chi connectivity index (χ1) is 9.43. The van der Waals surface area contributed by atoms with Crippen molar-refractivity contribution >= 4 is 31.9 Å². The van der Waals surface area contributed by atoms with Crippen molar-refractivity contribution in [2.24, 2.45) is 5.73 Å². The van der Waals surface area contributed by atoms with Crippen molar-refractivity contribution in [3.05, 3.63) is 61.8 Å². The van der Waals surface area contributed by atoms with E-state index < -0.39 is 0 Å². The molecule has 0 spiro atoms. The van der Waals surface area contributed by atoms with Gasteiger partial charge in [-0.1, -0.05) is 28.1 Å². The number of hydrogen-bond donors (Lipinski definition) is 1. The van der Waals surface area contributed by atoms with Crippen LogP contribution in [0, 0.1) is 12.7 Å². The Bertz CT molecular complexity index is 646. The van der Waals surface area contributed by atoms with Crippen LogP contribution >= 0.6 is 31.9 Å². The van der Waals surface area contributed by atoms with Gasteiger partial charge >= 0.3 is 0 Å². The van der Waals surface area contributed by atoms with Crippen LogP contribution in [0.5, 0.6) is 5.75 Å². The Hall–Kier alpha value is -0.910. The topological polar surface area (TPSA) is 35.2 Å². The number of aryl methyl sites for hydroxylation is 1. The van der Waals surface area contributed by atoms with E-state index in [4.69, 9.17) is 10.5 Å². The fourth-order valence-electron chi connectivity index (χ4n) is 2.00. The summed E-state index contributed by atoms with van der Waals surface area (Å²) in [4.78, 5) is 0. The first kappa shape index (κ1) is 15.5. The molecule has 0 saturated carbocycles. The van der Waals surface area contributed by atoms with E-state index in [1.54, 1.807) is 6.07 Å². The van der Waals surface area contributed by atoms with Gasteiger partial charge in [0.25, 0.3) is 0 Å². The van der Waals surface area contributed by atoms with Crippen molar-refractivity contribution in [1.29, 1.82) is 0 Å². The van der Waals surface area contributed by atoms with Crippen LogP contribution in [-0.4, -0.2) is 7.11 Å². The molecule has 0 heterocycles. The van der Waals surface area contributed by atoms with E-state index in [0.717, 1.165) is 21.2 Å². The Labute approximate surface area is 134 Å². The standard InChI is InChI=1S/C15H14Br2FNO/c1-8-5-9(3-4-11(8)16)15(19)10-6-12(17)13(18)7-14(10)20-2/h3-7,15H,19H2,1-2H3. The van der Waals surface area contributed by atoms with Crippen molar-refractivity contribution in [2.75, 3.05) is 7.11 Å². The first-order valence-corrected chi connectivity index (χ1v) is 7.57. The summed E-state index contributed by atoms with van der Waals surface area (Å²) >= 11 is 6.64. The molecule has 0 aromatic heterocycles. The van der Waals surface area contributed by atoms with Gasteiger partial charge in [-0.3, -0.25) is 0 Å². The van der Waals surface area contributed by atoms with Gasteiger partial charge in [0.05, 0.1) is 17.6 Å². The van der Waals surface area contributed by atoms with Crippen molar-refractivity contribution in [3.8, 4) is 5.75 Å². The molecule has 2 nitrogen and oxygen atoms in total. The molecule has 1 atom stereocenters. The van der Waals surface area contributed by atoms with E-state index in [-0.39, 0.29) is 11.9 Å². The third kappa shape index (κ3) is 3.05. The molecule has 0 saturated heterocycles. The summed E-state index contributed by atoms with van der Waals surface area (Å²) in [6.45, 7) is 2.00. The number of methoxy groups -OCH3 is 1. The summed E-state index contributed by atoms with van der Waals surface area (Å²) < 4.78 is 20.2. The number of rotatable bonds is 3. The molecule has 20 heavy (non-hydrogen) atoms. The molecule has 2 aromatic rings. The molecule has 1 unspecified atom stereocenters. The molecule has 5 heteroatoms.